The first kappa shape index (κ1) is 13.0. The third-order valence-electron chi connectivity index (χ3n) is 2.18. The van der Waals surface area contributed by atoms with Gasteiger partial charge < -0.3 is 10.6 Å². The molecule has 0 bridgehead atoms. The van der Waals surface area contributed by atoms with E-state index in [1.54, 1.807) is 12.4 Å². The van der Waals surface area contributed by atoms with Gasteiger partial charge in [-0.3, -0.25) is 9.78 Å². The zero-order valence-electron chi connectivity index (χ0n) is 9.32. The van der Waals surface area contributed by atoms with Crippen molar-refractivity contribution in [1.82, 2.24) is 4.98 Å². The molecule has 16 heavy (non-hydrogen) atoms. The van der Waals surface area contributed by atoms with E-state index >= 15 is 0 Å². The predicted molar refractivity (Wildman–Crippen MR) is 68.3 cm³/mol. The van der Waals surface area contributed by atoms with Crippen LogP contribution in [0.1, 0.15) is 19.8 Å². The van der Waals surface area contributed by atoms with Gasteiger partial charge >= 0.3 is 0 Å². The van der Waals surface area contributed by atoms with Crippen LogP contribution in [0.5, 0.6) is 0 Å². The number of amides is 1. The summed E-state index contributed by atoms with van der Waals surface area (Å²) < 4.78 is 0.899. The van der Waals surface area contributed by atoms with Gasteiger partial charge in [0.05, 0.1) is 18.4 Å². The highest BCUT2D eigenvalue weighted by atomic mass is 79.9. The van der Waals surface area contributed by atoms with E-state index in [4.69, 9.17) is 5.73 Å². The topological polar surface area (TPSA) is 59.2 Å². The summed E-state index contributed by atoms with van der Waals surface area (Å²) in [4.78, 5) is 17.0. The normalized spacial score (nSPS) is 10.1. The first-order valence-electron chi connectivity index (χ1n) is 5.27. The number of nitrogens with two attached hydrogens (primary N) is 1. The van der Waals surface area contributed by atoms with E-state index in [1.807, 2.05) is 11.0 Å². The third kappa shape index (κ3) is 4.18. The lowest BCUT2D eigenvalue weighted by molar-refractivity contribution is -0.116. The van der Waals surface area contributed by atoms with Gasteiger partial charge in [0.2, 0.25) is 5.91 Å². The number of unbranched alkanes of at least 4 members (excludes halogenated alkanes) is 1. The number of pyridine rings is 1. The lowest BCUT2D eigenvalue weighted by Crippen LogP contribution is -2.34. The Balaban J connectivity index is 2.78. The summed E-state index contributed by atoms with van der Waals surface area (Å²) in [5.41, 5.74) is 6.15. The second kappa shape index (κ2) is 6.48. The van der Waals surface area contributed by atoms with Gasteiger partial charge in [-0.15, -0.1) is 0 Å². The molecule has 0 spiro atoms. The molecule has 0 saturated carbocycles. The van der Waals surface area contributed by atoms with Crippen LogP contribution in [0.15, 0.2) is 22.9 Å². The molecule has 4 nitrogen and oxygen atoms in total. The summed E-state index contributed by atoms with van der Waals surface area (Å²) in [5.74, 6) is -0.323. The van der Waals surface area contributed by atoms with E-state index < -0.39 is 0 Å². The molecule has 5 heteroatoms. The molecule has 0 aliphatic carbocycles. The van der Waals surface area contributed by atoms with Crippen LogP contribution in [0, 0.1) is 0 Å². The molecule has 1 aromatic rings. The zero-order valence-corrected chi connectivity index (χ0v) is 10.9. The van der Waals surface area contributed by atoms with Crippen LogP contribution in [0.2, 0.25) is 0 Å². The van der Waals surface area contributed by atoms with E-state index in [9.17, 15) is 4.79 Å². The number of primary amides is 1. The van der Waals surface area contributed by atoms with E-state index in [1.165, 1.54) is 0 Å². The van der Waals surface area contributed by atoms with Crippen LogP contribution in [-0.2, 0) is 4.79 Å². The molecule has 0 saturated heterocycles. The minimum absolute atomic E-state index is 0.234. The van der Waals surface area contributed by atoms with Crippen LogP contribution in [0.25, 0.3) is 0 Å². The van der Waals surface area contributed by atoms with Crippen molar-refractivity contribution in [3.8, 4) is 0 Å². The van der Waals surface area contributed by atoms with Crippen molar-refractivity contribution < 1.29 is 4.79 Å². The predicted octanol–water partition coefficient (Wildman–Crippen LogP) is 1.94. The molecule has 0 unspecified atom stereocenters. The fraction of sp³-hybridized carbons (Fsp3) is 0.455. The molecule has 88 valence electrons. The largest absolute Gasteiger partial charge is 0.368 e. The molecular weight excluding hydrogens is 270 g/mol. The Kier molecular flexibility index (Phi) is 5.25. The van der Waals surface area contributed by atoms with Crippen molar-refractivity contribution in [1.29, 1.82) is 0 Å². The highest BCUT2D eigenvalue weighted by Crippen LogP contribution is 2.18. The highest BCUT2D eigenvalue weighted by Gasteiger charge is 2.09. The van der Waals surface area contributed by atoms with Gasteiger partial charge in [-0.2, -0.15) is 0 Å². The number of carbonyl (C=O) groups excluding carboxylic acids is 1. The van der Waals surface area contributed by atoms with E-state index in [-0.39, 0.29) is 12.5 Å². The van der Waals surface area contributed by atoms with E-state index in [2.05, 4.69) is 27.8 Å². The fourth-order valence-electron chi connectivity index (χ4n) is 1.41. The second-order valence-corrected chi connectivity index (χ2v) is 4.52. The summed E-state index contributed by atoms with van der Waals surface area (Å²) in [6.07, 6.45) is 5.56. The molecule has 2 N–H and O–H groups in total. The Hall–Kier alpha value is -1.10. The van der Waals surface area contributed by atoms with Crippen molar-refractivity contribution in [2.24, 2.45) is 5.73 Å². The van der Waals surface area contributed by atoms with Crippen LogP contribution < -0.4 is 10.6 Å². The molecule has 1 rings (SSSR count). The summed E-state index contributed by atoms with van der Waals surface area (Å²) in [6.45, 7) is 3.16. The molecule has 0 atom stereocenters. The molecule has 1 heterocycles. The Morgan fingerprint density at radius 1 is 1.56 bits per heavy atom. The Bertz CT molecular complexity index is 357. The highest BCUT2D eigenvalue weighted by molar-refractivity contribution is 9.10. The number of carbonyl (C=O) groups is 1. The molecule has 0 fully saturated rings. The number of nitrogens with zero attached hydrogens (tertiary/aromatic N) is 2. The minimum Gasteiger partial charge on any atom is -0.368 e. The van der Waals surface area contributed by atoms with Gasteiger partial charge in [-0.25, -0.2) is 0 Å². The lowest BCUT2D eigenvalue weighted by atomic mass is 10.3. The van der Waals surface area contributed by atoms with Crippen LogP contribution in [0.4, 0.5) is 5.69 Å². The number of aromatic nitrogens is 1. The molecule has 0 aliphatic heterocycles. The number of hydrogen-bond donors (Lipinski definition) is 1. The first-order chi connectivity index (χ1) is 7.63. The van der Waals surface area contributed by atoms with Crippen LogP contribution in [0.3, 0.4) is 0 Å². The molecule has 0 radical (unpaired) electrons. The van der Waals surface area contributed by atoms with Crippen molar-refractivity contribution in [3.05, 3.63) is 22.9 Å². The Labute approximate surface area is 104 Å². The average Bonchev–Trinajstić information content (AvgIpc) is 2.23. The van der Waals surface area contributed by atoms with Crippen molar-refractivity contribution >= 4 is 27.5 Å². The van der Waals surface area contributed by atoms with Gasteiger partial charge in [0, 0.05) is 17.2 Å². The molecule has 0 aromatic carbocycles. The molecule has 0 aliphatic rings. The zero-order chi connectivity index (χ0) is 12.0. The Morgan fingerprint density at radius 3 is 2.88 bits per heavy atom. The Morgan fingerprint density at radius 2 is 2.31 bits per heavy atom. The lowest BCUT2D eigenvalue weighted by Gasteiger charge is -2.22. The fourth-order valence-corrected chi connectivity index (χ4v) is 1.76. The summed E-state index contributed by atoms with van der Waals surface area (Å²) in [5, 5.41) is 0. The number of rotatable bonds is 6. The quantitative estimate of drug-likeness (QED) is 0.869. The maximum absolute atomic E-state index is 11.0. The molecule has 1 aromatic heterocycles. The second-order valence-electron chi connectivity index (χ2n) is 3.60. The van der Waals surface area contributed by atoms with E-state index in [0.717, 1.165) is 29.5 Å². The maximum atomic E-state index is 11.0. The smallest absolute Gasteiger partial charge is 0.236 e. The first-order valence-corrected chi connectivity index (χ1v) is 6.06. The number of anilines is 1. The van der Waals surface area contributed by atoms with Crippen molar-refractivity contribution in [2.75, 3.05) is 18.0 Å². The molecule has 1 amide bonds. The summed E-state index contributed by atoms with van der Waals surface area (Å²) in [7, 11) is 0. The van der Waals surface area contributed by atoms with Crippen molar-refractivity contribution in [3.63, 3.8) is 0 Å². The van der Waals surface area contributed by atoms with Gasteiger partial charge in [-0.05, 0) is 28.4 Å². The standard InChI is InChI=1S/C11H16BrN3O/c1-2-3-4-15(8-11(13)16)10-5-9(12)6-14-7-10/h5-7H,2-4,8H2,1H3,(H2,13,16). The van der Waals surface area contributed by atoms with E-state index in [0.29, 0.717) is 0 Å². The van der Waals surface area contributed by atoms with Gasteiger partial charge in [0.1, 0.15) is 0 Å². The number of halogens is 1. The van der Waals surface area contributed by atoms with Gasteiger partial charge in [0.15, 0.2) is 0 Å². The van der Waals surface area contributed by atoms with Gasteiger partial charge in [0.25, 0.3) is 0 Å². The average molecular weight is 286 g/mol. The monoisotopic (exact) mass is 285 g/mol. The summed E-state index contributed by atoms with van der Waals surface area (Å²) >= 11 is 3.36. The maximum Gasteiger partial charge on any atom is 0.236 e. The van der Waals surface area contributed by atoms with Crippen LogP contribution in [-0.4, -0.2) is 24.0 Å². The third-order valence-corrected chi connectivity index (χ3v) is 2.62. The van der Waals surface area contributed by atoms with Crippen molar-refractivity contribution in [2.45, 2.75) is 19.8 Å². The molecular formula is C11H16BrN3O. The minimum atomic E-state index is -0.323. The van der Waals surface area contributed by atoms with Crippen LogP contribution >= 0.6 is 15.9 Å². The number of hydrogen-bond acceptors (Lipinski definition) is 3. The SMILES string of the molecule is CCCCN(CC(N)=O)c1cncc(Br)c1. The van der Waals surface area contributed by atoms with Gasteiger partial charge in [-0.1, -0.05) is 13.3 Å². The summed E-state index contributed by atoms with van der Waals surface area (Å²) in [6, 6.07) is 1.94.